The van der Waals surface area contributed by atoms with E-state index in [9.17, 15) is 0 Å². The molecule has 1 nitrogen and oxygen atoms in total. The maximum absolute atomic E-state index is 6.39. The summed E-state index contributed by atoms with van der Waals surface area (Å²) in [6.07, 6.45) is 4.28. The standard InChI is InChI=1S/C12H16BrNS/c1-6-9(5-10(13)15-6)12(14)11-7-3-2-4-8(7)11/h5,7-8,11-12H,2-4,14H2,1H3. The highest BCUT2D eigenvalue weighted by atomic mass is 79.9. The summed E-state index contributed by atoms with van der Waals surface area (Å²) in [6, 6.07) is 2.52. The first-order valence-electron chi connectivity index (χ1n) is 5.70. The van der Waals surface area contributed by atoms with Crippen LogP contribution < -0.4 is 5.73 Å². The van der Waals surface area contributed by atoms with E-state index < -0.39 is 0 Å². The molecular weight excluding hydrogens is 270 g/mol. The first-order valence-corrected chi connectivity index (χ1v) is 7.31. The third-order valence-electron chi connectivity index (χ3n) is 4.17. The number of thiophene rings is 1. The van der Waals surface area contributed by atoms with Gasteiger partial charge in [-0.1, -0.05) is 6.42 Å². The van der Waals surface area contributed by atoms with Crippen molar-refractivity contribution in [1.82, 2.24) is 0 Å². The van der Waals surface area contributed by atoms with Crippen LogP contribution in [0.3, 0.4) is 0 Å². The molecule has 3 heteroatoms. The van der Waals surface area contributed by atoms with Gasteiger partial charge in [-0.2, -0.15) is 0 Å². The summed E-state index contributed by atoms with van der Waals surface area (Å²) in [5.41, 5.74) is 7.77. The van der Waals surface area contributed by atoms with E-state index in [1.807, 2.05) is 11.3 Å². The highest BCUT2D eigenvalue weighted by molar-refractivity contribution is 9.11. The Morgan fingerprint density at radius 3 is 2.67 bits per heavy atom. The monoisotopic (exact) mass is 285 g/mol. The largest absolute Gasteiger partial charge is 0.324 e. The number of rotatable bonds is 2. The van der Waals surface area contributed by atoms with Gasteiger partial charge in [0.25, 0.3) is 0 Å². The zero-order valence-electron chi connectivity index (χ0n) is 8.87. The van der Waals surface area contributed by atoms with Crippen molar-refractivity contribution < 1.29 is 0 Å². The van der Waals surface area contributed by atoms with Crippen molar-refractivity contribution in [2.75, 3.05) is 0 Å². The van der Waals surface area contributed by atoms with Gasteiger partial charge in [-0.05, 0) is 65.1 Å². The van der Waals surface area contributed by atoms with Gasteiger partial charge in [0.1, 0.15) is 0 Å². The summed E-state index contributed by atoms with van der Waals surface area (Å²) in [4.78, 5) is 1.39. The van der Waals surface area contributed by atoms with E-state index in [2.05, 4.69) is 28.9 Å². The van der Waals surface area contributed by atoms with E-state index in [1.165, 1.54) is 33.5 Å². The first-order chi connectivity index (χ1) is 7.18. The average Bonchev–Trinajstić information content (AvgIpc) is 2.58. The van der Waals surface area contributed by atoms with Gasteiger partial charge < -0.3 is 5.73 Å². The summed E-state index contributed by atoms with van der Waals surface area (Å²) in [7, 11) is 0. The average molecular weight is 286 g/mol. The maximum atomic E-state index is 6.39. The second kappa shape index (κ2) is 3.57. The van der Waals surface area contributed by atoms with E-state index in [0.29, 0.717) is 6.04 Å². The highest BCUT2D eigenvalue weighted by Gasteiger charge is 2.55. The van der Waals surface area contributed by atoms with Crippen LogP contribution >= 0.6 is 27.3 Å². The fourth-order valence-electron chi connectivity index (χ4n) is 3.41. The van der Waals surface area contributed by atoms with Crippen LogP contribution in [0.4, 0.5) is 0 Å². The molecule has 2 aliphatic carbocycles. The molecule has 0 saturated heterocycles. The molecule has 0 radical (unpaired) electrons. The summed E-state index contributed by atoms with van der Waals surface area (Å²) in [5.74, 6) is 2.70. The van der Waals surface area contributed by atoms with Crippen LogP contribution in [0, 0.1) is 24.7 Å². The predicted molar refractivity (Wildman–Crippen MR) is 68.0 cm³/mol. The molecule has 0 bridgehead atoms. The van der Waals surface area contributed by atoms with Gasteiger partial charge in [0.2, 0.25) is 0 Å². The lowest BCUT2D eigenvalue weighted by Crippen LogP contribution is -2.15. The third-order valence-corrected chi connectivity index (χ3v) is 5.74. The van der Waals surface area contributed by atoms with Crippen molar-refractivity contribution in [2.24, 2.45) is 23.5 Å². The normalized spacial score (nSPS) is 35.3. The molecule has 0 aromatic carbocycles. The lowest BCUT2D eigenvalue weighted by molar-refractivity contribution is 0.501. The Labute approximate surface area is 103 Å². The fourth-order valence-corrected chi connectivity index (χ4v) is 5.17. The number of fused-ring (bicyclic) bond motifs is 1. The van der Waals surface area contributed by atoms with Crippen molar-refractivity contribution >= 4 is 27.3 Å². The molecule has 0 aliphatic heterocycles. The molecule has 2 saturated carbocycles. The van der Waals surface area contributed by atoms with Gasteiger partial charge in [0, 0.05) is 10.9 Å². The molecule has 3 atom stereocenters. The minimum Gasteiger partial charge on any atom is -0.324 e. The summed E-state index contributed by atoms with van der Waals surface area (Å²) in [5, 5.41) is 0. The molecule has 82 valence electrons. The van der Waals surface area contributed by atoms with E-state index in [1.54, 1.807) is 0 Å². The van der Waals surface area contributed by atoms with E-state index >= 15 is 0 Å². The molecule has 2 aliphatic rings. The van der Waals surface area contributed by atoms with Gasteiger partial charge in [-0.3, -0.25) is 0 Å². The SMILES string of the molecule is Cc1sc(Br)cc1C(N)C1C2CCCC21. The van der Waals surface area contributed by atoms with Crippen LogP contribution in [0.5, 0.6) is 0 Å². The van der Waals surface area contributed by atoms with Crippen molar-refractivity contribution in [2.45, 2.75) is 32.2 Å². The van der Waals surface area contributed by atoms with Gasteiger partial charge >= 0.3 is 0 Å². The number of hydrogen-bond acceptors (Lipinski definition) is 2. The zero-order chi connectivity index (χ0) is 10.6. The lowest BCUT2D eigenvalue weighted by atomic mass is 9.98. The second-order valence-electron chi connectivity index (χ2n) is 4.92. The van der Waals surface area contributed by atoms with Crippen LogP contribution in [0.1, 0.15) is 35.7 Å². The quantitative estimate of drug-likeness (QED) is 0.877. The van der Waals surface area contributed by atoms with E-state index in [-0.39, 0.29) is 0 Å². The Morgan fingerprint density at radius 1 is 1.47 bits per heavy atom. The molecule has 1 aromatic rings. The molecule has 1 heterocycles. The Morgan fingerprint density at radius 2 is 2.13 bits per heavy atom. The molecule has 0 amide bonds. The first kappa shape index (κ1) is 10.3. The topological polar surface area (TPSA) is 26.0 Å². The minimum absolute atomic E-state index is 0.294. The Balaban J connectivity index is 1.80. The molecule has 2 N–H and O–H groups in total. The summed E-state index contributed by atoms with van der Waals surface area (Å²) < 4.78 is 1.22. The predicted octanol–water partition coefficient (Wildman–Crippen LogP) is 3.86. The van der Waals surface area contributed by atoms with Crippen LogP contribution in [0.25, 0.3) is 0 Å². The Hall–Kier alpha value is 0.140. The van der Waals surface area contributed by atoms with Crippen LogP contribution in [-0.4, -0.2) is 0 Å². The smallest absolute Gasteiger partial charge is 0.0704 e. The van der Waals surface area contributed by atoms with Gasteiger partial charge in [0.15, 0.2) is 0 Å². The Kier molecular flexibility index (Phi) is 2.45. The summed E-state index contributed by atoms with van der Waals surface area (Å²) in [6.45, 7) is 2.18. The number of nitrogens with two attached hydrogens (primary N) is 1. The van der Waals surface area contributed by atoms with Crippen molar-refractivity contribution in [3.63, 3.8) is 0 Å². The van der Waals surface area contributed by atoms with E-state index in [4.69, 9.17) is 5.73 Å². The van der Waals surface area contributed by atoms with Crippen LogP contribution in [0.2, 0.25) is 0 Å². The van der Waals surface area contributed by atoms with E-state index in [0.717, 1.165) is 17.8 Å². The third kappa shape index (κ3) is 1.60. The van der Waals surface area contributed by atoms with Crippen molar-refractivity contribution in [1.29, 1.82) is 0 Å². The number of hydrogen-bond donors (Lipinski definition) is 1. The maximum Gasteiger partial charge on any atom is 0.0704 e. The molecule has 2 fully saturated rings. The fraction of sp³-hybridized carbons (Fsp3) is 0.667. The summed E-state index contributed by atoms with van der Waals surface area (Å²) >= 11 is 5.35. The molecule has 3 rings (SSSR count). The second-order valence-corrected chi connectivity index (χ2v) is 7.56. The zero-order valence-corrected chi connectivity index (χ0v) is 11.3. The van der Waals surface area contributed by atoms with Gasteiger partial charge in [0.05, 0.1) is 3.79 Å². The molecule has 15 heavy (non-hydrogen) atoms. The minimum atomic E-state index is 0.294. The van der Waals surface area contributed by atoms with Crippen LogP contribution in [-0.2, 0) is 0 Å². The molecule has 0 spiro atoms. The lowest BCUT2D eigenvalue weighted by Gasteiger charge is -2.13. The molecule has 1 aromatic heterocycles. The highest BCUT2D eigenvalue weighted by Crippen LogP contribution is 2.62. The van der Waals surface area contributed by atoms with Gasteiger partial charge in [-0.25, -0.2) is 0 Å². The Bertz CT molecular complexity index is 377. The molecule has 3 unspecified atom stereocenters. The number of aryl methyl sites for hydroxylation is 1. The van der Waals surface area contributed by atoms with Crippen LogP contribution in [0.15, 0.2) is 9.85 Å². The number of halogens is 1. The molecular formula is C12H16BrNS. The van der Waals surface area contributed by atoms with Crippen molar-refractivity contribution in [3.8, 4) is 0 Å². The van der Waals surface area contributed by atoms with Gasteiger partial charge in [-0.15, -0.1) is 11.3 Å². The van der Waals surface area contributed by atoms with Crippen molar-refractivity contribution in [3.05, 3.63) is 20.3 Å².